The molecule has 0 aliphatic carbocycles. The highest BCUT2D eigenvalue weighted by Gasteiger charge is 2.09. The Labute approximate surface area is 129 Å². The van der Waals surface area contributed by atoms with Crippen molar-refractivity contribution in [3.05, 3.63) is 59.0 Å². The van der Waals surface area contributed by atoms with Gasteiger partial charge < -0.3 is 4.74 Å². The third-order valence-corrected chi connectivity index (χ3v) is 3.61. The number of benzene rings is 1. The van der Waals surface area contributed by atoms with Gasteiger partial charge in [0, 0.05) is 24.2 Å². The number of ether oxygens (including phenoxy) is 1. The number of aromatic nitrogens is 2. The molecule has 0 N–H and O–H groups in total. The maximum Gasteiger partial charge on any atom is 0.259 e. The molecule has 3 aromatic rings. The van der Waals surface area contributed by atoms with Gasteiger partial charge in [0.1, 0.15) is 11.4 Å². The summed E-state index contributed by atoms with van der Waals surface area (Å²) in [5, 5.41) is 0.950. The molecular formula is C18H18N2O2. The number of aryl methyl sites for hydroxylation is 1. The maximum atomic E-state index is 12.5. The summed E-state index contributed by atoms with van der Waals surface area (Å²) in [6, 6.07) is 13.4. The largest absolute Gasteiger partial charge is 0.494 e. The third kappa shape index (κ3) is 2.60. The second kappa shape index (κ2) is 6.02. The van der Waals surface area contributed by atoms with Gasteiger partial charge in [-0.25, -0.2) is 4.98 Å². The van der Waals surface area contributed by atoms with Crippen LogP contribution in [0.5, 0.6) is 5.75 Å². The minimum Gasteiger partial charge on any atom is -0.494 e. The Morgan fingerprint density at radius 1 is 1.18 bits per heavy atom. The lowest BCUT2D eigenvalue weighted by atomic mass is 10.1. The Kier molecular flexibility index (Phi) is 3.92. The summed E-state index contributed by atoms with van der Waals surface area (Å²) in [6.45, 7) is 2.77. The lowest BCUT2D eigenvalue weighted by Gasteiger charge is -2.09. The zero-order valence-electron chi connectivity index (χ0n) is 12.7. The van der Waals surface area contributed by atoms with E-state index in [9.17, 15) is 4.79 Å². The first-order valence-electron chi connectivity index (χ1n) is 7.38. The summed E-state index contributed by atoms with van der Waals surface area (Å²) in [5.74, 6) is 0.824. The van der Waals surface area contributed by atoms with Crippen LogP contribution in [0.15, 0.2) is 53.5 Å². The third-order valence-electron chi connectivity index (χ3n) is 3.61. The Morgan fingerprint density at radius 2 is 1.95 bits per heavy atom. The predicted molar refractivity (Wildman–Crippen MR) is 88.2 cm³/mol. The van der Waals surface area contributed by atoms with Gasteiger partial charge in [-0.3, -0.25) is 9.36 Å². The van der Waals surface area contributed by atoms with Crippen LogP contribution in [0, 0.1) is 0 Å². The van der Waals surface area contributed by atoms with Gasteiger partial charge in [0.15, 0.2) is 0 Å². The fourth-order valence-corrected chi connectivity index (χ4v) is 2.45. The van der Waals surface area contributed by atoms with Crippen molar-refractivity contribution in [2.75, 3.05) is 6.61 Å². The minimum absolute atomic E-state index is 0.0478. The molecule has 1 aromatic carbocycles. The zero-order chi connectivity index (χ0) is 15.5. The number of hydrogen-bond acceptors (Lipinski definition) is 3. The van der Waals surface area contributed by atoms with Crippen molar-refractivity contribution >= 4 is 11.0 Å². The molecule has 0 aliphatic heterocycles. The van der Waals surface area contributed by atoms with E-state index in [0.29, 0.717) is 17.8 Å². The zero-order valence-corrected chi connectivity index (χ0v) is 12.7. The highest BCUT2D eigenvalue weighted by atomic mass is 16.5. The summed E-state index contributed by atoms with van der Waals surface area (Å²) >= 11 is 0. The number of rotatable bonds is 4. The van der Waals surface area contributed by atoms with Crippen LogP contribution in [-0.4, -0.2) is 16.2 Å². The SMILES string of the molecule is CCCOc1ccc(-c2cc3cccnc3n(C)c2=O)cc1. The number of fused-ring (bicyclic) bond motifs is 1. The van der Waals surface area contributed by atoms with Crippen LogP contribution in [0.4, 0.5) is 0 Å². The van der Waals surface area contributed by atoms with Crippen molar-refractivity contribution in [1.82, 2.24) is 9.55 Å². The van der Waals surface area contributed by atoms with Crippen molar-refractivity contribution in [3.63, 3.8) is 0 Å². The summed E-state index contributed by atoms with van der Waals surface area (Å²) in [4.78, 5) is 16.8. The molecule has 0 aliphatic rings. The molecule has 22 heavy (non-hydrogen) atoms. The van der Waals surface area contributed by atoms with Crippen LogP contribution in [0.25, 0.3) is 22.2 Å². The standard InChI is InChI=1S/C18H18N2O2/c1-3-11-22-15-8-6-13(7-9-15)16-12-14-5-4-10-19-17(14)20(2)18(16)21/h4-10,12H,3,11H2,1-2H3. The van der Waals surface area contributed by atoms with Gasteiger partial charge in [0.25, 0.3) is 5.56 Å². The molecule has 2 aromatic heterocycles. The molecule has 4 heteroatoms. The monoisotopic (exact) mass is 294 g/mol. The second-order valence-corrected chi connectivity index (χ2v) is 5.21. The van der Waals surface area contributed by atoms with Crippen LogP contribution < -0.4 is 10.3 Å². The highest BCUT2D eigenvalue weighted by molar-refractivity contribution is 5.81. The van der Waals surface area contributed by atoms with E-state index in [-0.39, 0.29) is 5.56 Å². The molecule has 0 amide bonds. The van der Waals surface area contributed by atoms with E-state index in [2.05, 4.69) is 11.9 Å². The Hall–Kier alpha value is -2.62. The molecule has 0 saturated carbocycles. The first-order valence-corrected chi connectivity index (χ1v) is 7.38. The molecule has 0 saturated heterocycles. The van der Waals surface area contributed by atoms with E-state index in [1.165, 1.54) is 0 Å². The molecule has 0 fully saturated rings. The molecule has 0 atom stereocenters. The highest BCUT2D eigenvalue weighted by Crippen LogP contribution is 2.22. The van der Waals surface area contributed by atoms with Gasteiger partial charge in [-0.15, -0.1) is 0 Å². The van der Waals surface area contributed by atoms with E-state index >= 15 is 0 Å². The van der Waals surface area contributed by atoms with Crippen LogP contribution >= 0.6 is 0 Å². The molecule has 0 radical (unpaired) electrons. The Balaban J connectivity index is 2.06. The Bertz CT molecular complexity index is 851. The van der Waals surface area contributed by atoms with E-state index in [1.54, 1.807) is 17.8 Å². The van der Waals surface area contributed by atoms with Gasteiger partial charge in [-0.2, -0.15) is 0 Å². The Morgan fingerprint density at radius 3 is 2.68 bits per heavy atom. The summed E-state index contributed by atoms with van der Waals surface area (Å²) in [5.41, 5.74) is 2.20. The van der Waals surface area contributed by atoms with Crippen LogP contribution in [0.1, 0.15) is 13.3 Å². The topological polar surface area (TPSA) is 44.1 Å². The summed E-state index contributed by atoms with van der Waals surface area (Å²) in [7, 11) is 1.75. The van der Waals surface area contributed by atoms with Crippen molar-refractivity contribution in [1.29, 1.82) is 0 Å². The molecule has 0 bridgehead atoms. The molecule has 0 unspecified atom stereocenters. The van der Waals surface area contributed by atoms with Crippen LogP contribution in [0.3, 0.4) is 0 Å². The van der Waals surface area contributed by atoms with E-state index in [0.717, 1.165) is 23.1 Å². The second-order valence-electron chi connectivity index (χ2n) is 5.21. The van der Waals surface area contributed by atoms with E-state index in [1.807, 2.05) is 42.5 Å². The number of nitrogens with zero attached hydrogens (tertiary/aromatic N) is 2. The quantitative estimate of drug-likeness (QED) is 0.741. The van der Waals surface area contributed by atoms with Crippen LogP contribution in [0.2, 0.25) is 0 Å². The summed E-state index contributed by atoms with van der Waals surface area (Å²) in [6.07, 6.45) is 2.67. The minimum atomic E-state index is -0.0478. The summed E-state index contributed by atoms with van der Waals surface area (Å²) < 4.78 is 7.17. The molecular weight excluding hydrogens is 276 g/mol. The van der Waals surface area contributed by atoms with E-state index < -0.39 is 0 Å². The van der Waals surface area contributed by atoms with Gasteiger partial charge in [-0.1, -0.05) is 19.1 Å². The molecule has 4 nitrogen and oxygen atoms in total. The maximum absolute atomic E-state index is 12.5. The smallest absolute Gasteiger partial charge is 0.259 e. The fraction of sp³-hybridized carbons (Fsp3) is 0.222. The molecule has 2 heterocycles. The van der Waals surface area contributed by atoms with Gasteiger partial charge in [0.05, 0.1) is 6.61 Å². The predicted octanol–water partition coefficient (Wildman–Crippen LogP) is 3.39. The average molecular weight is 294 g/mol. The fourth-order valence-electron chi connectivity index (χ4n) is 2.45. The lowest BCUT2D eigenvalue weighted by molar-refractivity contribution is 0.317. The van der Waals surface area contributed by atoms with Crippen molar-refractivity contribution in [3.8, 4) is 16.9 Å². The van der Waals surface area contributed by atoms with Gasteiger partial charge in [-0.05, 0) is 42.3 Å². The van der Waals surface area contributed by atoms with Crippen molar-refractivity contribution in [2.24, 2.45) is 7.05 Å². The van der Waals surface area contributed by atoms with E-state index in [4.69, 9.17) is 4.74 Å². The van der Waals surface area contributed by atoms with Crippen LogP contribution in [-0.2, 0) is 7.05 Å². The van der Waals surface area contributed by atoms with Crippen molar-refractivity contribution < 1.29 is 4.74 Å². The van der Waals surface area contributed by atoms with Crippen molar-refractivity contribution in [2.45, 2.75) is 13.3 Å². The molecule has 0 spiro atoms. The number of hydrogen-bond donors (Lipinski definition) is 0. The van der Waals surface area contributed by atoms with Gasteiger partial charge in [0.2, 0.25) is 0 Å². The first-order chi connectivity index (χ1) is 10.7. The lowest BCUT2D eigenvalue weighted by Crippen LogP contribution is -2.19. The first kappa shape index (κ1) is 14.3. The van der Waals surface area contributed by atoms with Gasteiger partial charge >= 0.3 is 0 Å². The normalized spacial score (nSPS) is 10.8. The molecule has 112 valence electrons. The average Bonchev–Trinajstić information content (AvgIpc) is 2.57. The number of pyridine rings is 2. The molecule has 3 rings (SSSR count).